The van der Waals surface area contributed by atoms with Crippen LogP contribution in [0.1, 0.15) is 23.8 Å². The fourth-order valence-corrected chi connectivity index (χ4v) is 3.41. The van der Waals surface area contributed by atoms with E-state index in [0.29, 0.717) is 17.2 Å². The molecule has 5 nitrogen and oxygen atoms in total. The molecule has 1 unspecified atom stereocenters. The molecule has 1 aliphatic heterocycles. The largest absolute Gasteiger partial charge is 0.482 e. The molecule has 2 aromatic carbocycles. The smallest absolute Gasteiger partial charge is 0.281 e. The topological polar surface area (TPSA) is 55.0 Å². The van der Waals surface area contributed by atoms with E-state index in [1.165, 1.54) is 17.1 Å². The van der Waals surface area contributed by atoms with Gasteiger partial charge in [-0.05, 0) is 48.0 Å². The molecular formula is C21H15Cl2FN2O3. The molecule has 8 heteroatoms. The van der Waals surface area contributed by atoms with Crippen molar-refractivity contribution in [2.75, 3.05) is 6.61 Å². The third kappa shape index (κ3) is 4.28. The molecule has 1 aliphatic rings. The molecular weight excluding hydrogens is 418 g/mol. The van der Waals surface area contributed by atoms with Gasteiger partial charge in [0.05, 0.1) is 17.0 Å². The zero-order valence-corrected chi connectivity index (χ0v) is 16.5. The standard InChI is InChI=1S/C21H15Cl2FN2O3/c22-14-5-3-13(4-6-14)17-11-18(20-2-1-9-28-20)26(25-17)21(27)12-29-19-8-7-15(24)10-16(19)23/h1-10,18H,11-12H2. The van der Waals surface area contributed by atoms with Gasteiger partial charge in [0.15, 0.2) is 6.61 Å². The van der Waals surface area contributed by atoms with Gasteiger partial charge in [-0.15, -0.1) is 0 Å². The highest BCUT2D eigenvalue weighted by molar-refractivity contribution is 6.32. The van der Waals surface area contributed by atoms with Crippen molar-refractivity contribution >= 4 is 34.8 Å². The van der Waals surface area contributed by atoms with E-state index < -0.39 is 11.9 Å². The van der Waals surface area contributed by atoms with Gasteiger partial charge in [0.1, 0.15) is 23.4 Å². The summed E-state index contributed by atoms with van der Waals surface area (Å²) in [6.07, 6.45) is 2.03. The third-order valence-corrected chi connectivity index (χ3v) is 5.01. The average Bonchev–Trinajstić information content (AvgIpc) is 3.37. The zero-order chi connectivity index (χ0) is 20.4. The number of carbonyl (C=O) groups excluding carboxylic acids is 1. The normalized spacial score (nSPS) is 16.0. The Balaban J connectivity index is 1.55. The quantitative estimate of drug-likeness (QED) is 0.535. The monoisotopic (exact) mass is 432 g/mol. The number of rotatable bonds is 5. The molecule has 29 heavy (non-hydrogen) atoms. The highest BCUT2D eigenvalue weighted by atomic mass is 35.5. The molecule has 2 heterocycles. The van der Waals surface area contributed by atoms with Gasteiger partial charge in [-0.1, -0.05) is 35.3 Å². The minimum Gasteiger partial charge on any atom is -0.482 e. The molecule has 0 radical (unpaired) electrons. The molecule has 0 saturated carbocycles. The lowest BCUT2D eigenvalue weighted by molar-refractivity contribution is -0.135. The first-order valence-electron chi connectivity index (χ1n) is 8.78. The van der Waals surface area contributed by atoms with Crippen LogP contribution in [-0.4, -0.2) is 23.2 Å². The molecule has 4 rings (SSSR count). The Bertz CT molecular complexity index is 1050. The van der Waals surface area contributed by atoms with E-state index in [2.05, 4.69) is 5.10 Å². The van der Waals surface area contributed by atoms with Gasteiger partial charge in [0, 0.05) is 11.4 Å². The number of hydrogen-bond donors (Lipinski definition) is 0. The van der Waals surface area contributed by atoms with Crippen LogP contribution >= 0.6 is 23.2 Å². The highest BCUT2D eigenvalue weighted by Crippen LogP contribution is 2.33. The van der Waals surface area contributed by atoms with Crippen LogP contribution in [0.25, 0.3) is 0 Å². The minimum atomic E-state index is -0.483. The molecule has 0 bridgehead atoms. The Kier molecular flexibility index (Phi) is 5.56. The molecule has 1 aromatic heterocycles. The first kappa shape index (κ1) is 19.5. The van der Waals surface area contributed by atoms with Crippen molar-refractivity contribution in [2.45, 2.75) is 12.5 Å². The van der Waals surface area contributed by atoms with E-state index in [-0.39, 0.29) is 23.3 Å². The molecule has 0 spiro atoms. The molecule has 1 atom stereocenters. The number of nitrogens with zero attached hydrogens (tertiary/aromatic N) is 2. The number of hydrazone groups is 1. The van der Waals surface area contributed by atoms with Crippen molar-refractivity contribution in [2.24, 2.45) is 5.10 Å². The summed E-state index contributed by atoms with van der Waals surface area (Å²) in [5.41, 5.74) is 1.60. The van der Waals surface area contributed by atoms with E-state index in [9.17, 15) is 9.18 Å². The lowest BCUT2D eigenvalue weighted by Gasteiger charge is -2.20. The van der Waals surface area contributed by atoms with E-state index in [1.807, 2.05) is 12.1 Å². The van der Waals surface area contributed by atoms with E-state index in [1.54, 1.807) is 30.5 Å². The highest BCUT2D eigenvalue weighted by Gasteiger charge is 2.35. The summed E-state index contributed by atoms with van der Waals surface area (Å²) in [5.74, 6) is -0.0259. The van der Waals surface area contributed by atoms with Gasteiger partial charge in [0.2, 0.25) is 0 Å². The Morgan fingerprint density at radius 2 is 2.00 bits per heavy atom. The molecule has 0 fully saturated rings. The predicted octanol–water partition coefficient (Wildman–Crippen LogP) is 5.48. The maximum atomic E-state index is 13.2. The maximum Gasteiger partial charge on any atom is 0.281 e. The molecule has 1 amide bonds. The van der Waals surface area contributed by atoms with Gasteiger partial charge in [-0.2, -0.15) is 5.10 Å². The minimum absolute atomic E-state index is 0.0900. The van der Waals surface area contributed by atoms with Gasteiger partial charge < -0.3 is 9.15 Å². The first-order valence-corrected chi connectivity index (χ1v) is 9.53. The van der Waals surface area contributed by atoms with E-state index in [4.69, 9.17) is 32.4 Å². The molecule has 0 aliphatic carbocycles. The summed E-state index contributed by atoms with van der Waals surface area (Å²) in [6, 6.07) is 14.1. The second-order valence-electron chi connectivity index (χ2n) is 6.39. The average molecular weight is 433 g/mol. The number of hydrogen-bond acceptors (Lipinski definition) is 4. The van der Waals surface area contributed by atoms with Crippen LogP contribution in [0, 0.1) is 5.82 Å². The number of halogens is 3. The Hall–Kier alpha value is -2.83. The molecule has 0 N–H and O–H groups in total. The van der Waals surface area contributed by atoms with Crippen LogP contribution in [0.4, 0.5) is 4.39 Å². The third-order valence-electron chi connectivity index (χ3n) is 4.46. The summed E-state index contributed by atoms with van der Waals surface area (Å²) in [7, 11) is 0. The molecule has 3 aromatic rings. The number of carbonyl (C=O) groups is 1. The summed E-state index contributed by atoms with van der Waals surface area (Å²) in [4.78, 5) is 12.8. The van der Waals surface area contributed by atoms with Crippen LogP contribution in [-0.2, 0) is 4.79 Å². The van der Waals surface area contributed by atoms with Crippen molar-refractivity contribution in [3.05, 3.63) is 88.0 Å². The summed E-state index contributed by atoms with van der Waals surface area (Å²) < 4.78 is 24.2. The summed E-state index contributed by atoms with van der Waals surface area (Å²) in [5, 5.41) is 6.55. The van der Waals surface area contributed by atoms with E-state index in [0.717, 1.165) is 17.3 Å². The van der Waals surface area contributed by atoms with E-state index >= 15 is 0 Å². The van der Waals surface area contributed by atoms with Crippen LogP contribution in [0.2, 0.25) is 10.0 Å². The summed E-state index contributed by atoms with van der Waals surface area (Å²) >= 11 is 11.9. The molecule has 148 valence electrons. The van der Waals surface area contributed by atoms with Crippen LogP contribution < -0.4 is 4.74 Å². The zero-order valence-electron chi connectivity index (χ0n) is 15.0. The first-order chi connectivity index (χ1) is 14.0. The van der Waals surface area contributed by atoms with Crippen molar-refractivity contribution in [1.29, 1.82) is 0 Å². The SMILES string of the molecule is O=C(COc1ccc(F)cc1Cl)N1N=C(c2ccc(Cl)cc2)CC1c1ccco1. The Morgan fingerprint density at radius 3 is 2.69 bits per heavy atom. The maximum absolute atomic E-state index is 13.2. The Morgan fingerprint density at radius 1 is 1.21 bits per heavy atom. The number of benzene rings is 2. The fourth-order valence-electron chi connectivity index (χ4n) is 3.06. The van der Waals surface area contributed by atoms with Gasteiger partial charge in [-0.3, -0.25) is 4.79 Å². The number of amides is 1. The van der Waals surface area contributed by atoms with Crippen molar-refractivity contribution in [3.63, 3.8) is 0 Å². The van der Waals surface area contributed by atoms with Crippen molar-refractivity contribution in [1.82, 2.24) is 5.01 Å². The second kappa shape index (κ2) is 8.27. The van der Waals surface area contributed by atoms with Crippen LogP contribution in [0.3, 0.4) is 0 Å². The fraction of sp³-hybridized carbons (Fsp3) is 0.143. The van der Waals surface area contributed by atoms with Crippen molar-refractivity contribution in [3.8, 4) is 5.75 Å². The Labute approximate surface area is 176 Å². The lowest BCUT2D eigenvalue weighted by Crippen LogP contribution is -2.31. The second-order valence-corrected chi connectivity index (χ2v) is 7.23. The summed E-state index contributed by atoms with van der Waals surface area (Å²) in [6.45, 7) is -0.306. The van der Waals surface area contributed by atoms with Gasteiger partial charge >= 0.3 is 0 Å². The van der Waals surface area contributed by atoms with Gasteiger partial charge in [-0.25, -0.2) is 9.40 Å². The number of ether oxygens (including phenoxy) is 1. The van der Waals surface area contributed by atoms with Crippen LogP contribution in [0.15, 0.2) is 70.4 Å². The number of furan rings is 1. The lowest BCUT2D eigenvalue weighted by atomic mass is 10.0. The van der Waals surface area contributed by atoms with Crippen LogP contribution in [0.5, 0.6) is 5.75 Å². The predicted molar refractivity (Wildman–Crippen MR) is 108 cm³/mol. The van der Waals surface area contributed by atoms with Gasteiger partial charge in [0.25, 0.3) is 5.91 Å². The molecule has 0 saturated heterocycles. The van der Waals surface area contributed by atoms with Crippen molar-refractivity contribution < 1.29 is 18.3 Å².